The van der Waals surface area contributed by atoms with Crippen molar-refractivity contribution >= 4 is 55.7 Å². The van der Waals surface area contributed by atoms with Crippen LogP contribution in [-0.2, 0) is 26.8 Å². The molecule has 1 unspecified atom stereocenters. The van der Waals surface area contributed by atoms with E-state index < -0.39 is 21.5 Å². The van der Waals surface area contributed by atoms with Crippen LogP contribution >= 0.6 is 22.9 Å². The molecular formula is C24H24ClN5O4S2. The van der Waals surface area contributed by atoms with E-state index in [1.165, 1.54) is 19.2 Å². The molecule has 3 amide bonds. The quantitative estimate of drug-likeness (QED) is 0.506. The summed E-state index contributed by atoms with van der Waals surface area (Å²) < 4.78 is 29.4. The molecule has 9 nitrogen and oxygen atoms in total. The third-order valence-corrected chi connectivity index (χ3v) is 9.08. The molecule has 2 aliphatic heterocycles. The van der Waals surface area contributed by atoms with Gasteiger partial charge in [0.1, 0.15) is 4.34 Å². The summed E-state index contributed by atoms with van der Waals surface area (Å²) in [7, 11) is -3.81. The first-order valence-electron chi connectivity index (χ1n) is 11.3. The fourth-order valence-electron chi connectivity index (χ4n) is 4.82. The molecule has 2 aliphatic rings. The summed E-state index contributed by atoms with van der Waals surface area (Å²) in [5.74, 6) is -0.0537. The van der Waals surface area contributed by atoms with Gasteiger partial charge < -0.3 is 4.90 Å². The van der Waals surface area contributed by atoms with Gasteiger partial charge in [-0.2, -0.15) is 0 Å². The van der Waals surface area contributed by atoms with Crippen LogP contribution < -0.4 is 14.9 Å². The average Bonchev–Trinajstić information content (AvgIpc) is 3.56. The molecule has 188 valence electrons. The van der Waals surface area contributed by atoms with Gasteiger partial charge in [-0.3, -0.25) is 15.0 Å². The van der Waals surface area contributed by atoms with Crippen molar-refractivity contribution in [2.24, 2.45) is 0 Å². The highest BCUT2D eigenvalue weighted by Crippen LogP contribution is 2.47. The number of anilines is 2. The number of benzene rings is 2. The minimum absolute atomic E-state index is 0.0537. The summed E-state index contributed by atoms with van der Waals surface area (Å²) in [5.41, 5.74) is 1.63. The minimum Gasteiger partial charge on any atom is -0.342 e. The number of carbonyl (C=O) groups excluding carboxylic acids is 2. The highest BCUT2D eigenvalue weighted by molar-refractivity contribution is 7.89. The van der Waals surface area contributed by atoms with Gasteiger partial charge in [0.15, 0.2) is 5.13 Å². The van der Waals surface area contributed by atoms with Crippen LogP contribution in [0.3, 0.4) is 0 Å². The smallest absolute Gasteiger partial charge is 0.328 e. The van der Waals surface area contributed by atoms with E-state index in [2.05, 4.69) is 15.0 Å². The van der Waals surface area contributed by atoms with Crippen LogP contribution in [0.15, 0.2) is 59.6 Å². The van der Waals surface area contributed by atoms with Crippen molar-refractivity contribution in [2.75, 3.05) is 29.9 Å². The Morgan fingerprint density at radius 2 is 1.94 bits per heavy atom. The van der Waals surface area contributed by atoms with Crippen LogP contribution in [0.1, 0.15) is 24.5 Å². The van der Waals surface area contributed by atoms with E-state index in [0.29, 0.717) is 41.2 Å². The molecule has 1 saturated heterocycles. The maximum absolute atomic E-state index is 13.2. The number of thiazole rings is 1. The molecule has 1 fully saturated rings. The molecule has 1 atom stereocenters. The minimum atomic E-state index is -3.81. The Morgan fingerprint density at radius 1 is 1.17 bits per heavy atom. The highest BCUT2D eigenvalue weighted by Gasteiger charge is 2.50. The highest BCUT2D eigenvalue weighted by atomic mass is 35.5. The Kier molecular flexibility index (Phi) is 6.50. The van der Waals surface area contributed by atoms with Crippen LogP contribution in [0.4, 0.5) is 15.6 Å². The van der Waals surface area contributed by atoms with Gasteiger partial charge in [0.2, 0.25) is 15.9 Å². The predicted octanol–water partition coefficient (Wildman–Crippen LogP) is 3.82. The van der Waals surface area contributed by atoms with Crippen molar-refractivity contribution in [2.45, 2.75) is 30.2 Å². The van der Waals surface area contributed by atoms with E-state index in [-0.39, 0.29) is 17.3 Å². The summed E-state index contributed by atoms with van der Waals surface area (Å²) in [6.45, 7) is 2.94. The number of halogens is 1. The number of aromatic nitrogens is 1. The van der Waals surface area contributed by atoms with E-state index in [9.17, 15) is 18.0 Å². The molecule has 1 spiro atoms. The standard InChI is InChI=1S/C24H24ClN5O4S2/c1-16(31)29-10-9-24(14-29)15-30(23(32)28-22-26-13-21(25)35-22)20-8-7-18(11-19(20)24)36(33,34)27-12-17-5-3-2-4-6-17/h2-8,11,13,27H,9-10,12,14-15H2,1H3,(H,26,28,32). The Morgan fingerprint density at radius 3 is 2.61 bits per heavy atom. The van der Waals surface area contributed by atoms with Crippen molar-refractivity contribution < 1.29 is 18.0 Å². The van der Waals surface area contributed by atoms with Crippen molar-refractivity contribution in [3.63, 3.8) is 0 Å². The van der Waals surface area contributed by atoms with Crippen molar-refractivity contribution in [3.05, 3.63) is 70.2 Å². The van der Waals surface area contributed by atoms with Gasteiger partial charge in [0.25, 0.3) is 0 Å². The van der Waals surface area contributed by atoms with Crippen LogP contribution in [0.2, 0.25) is 4.34 Å². The van der Waals surface area contributed by atoms with Gasteiger partial charge in [-0.25, -0.2) is 22.9 Å². The lowest BCUT2D eigenvalue weighted by molar-refractivity contribution is -0.127. The molecule has 0 saturated carbocycles. The van der Waals surface area contributed by atoms with Gasteiger partial charge in [-0.15, -0.1) is 0 Å². The largest absolute Gasteiger partial charge is 0.342 e. The maximum Gasteiger partial charge on any atom is 0.328 e. The maximum atomic E-state index is 13.2. The van der Waals surface area contributed by atoms with Gasteiger partial charge in [0, 0.05) is 44.2 Å². The molecule has 0 radical (unpaired) electrons. The summed E-state index contributed by atoms with van der Waals surface area (Å²) >= 11 is 7.09. The van der Waals surface area contributed by atoms with Crippen molar-refractivity contribution in [3.8, 4) is 0 Å². The van der Waals surface area contributed by atoms with Gasteiger partial charge in [-0.05, 0) is 35.7 Å². The van der Waals surface area contributed by atoms with Crippen molar-refractivity contribution in [1.82, 2.24) is 14.6 Å². The summed E-state index contributed by atoms with van der Waals surface area (Å²) in [6, 6.07) is 13.7. The molecule has 3 heterocycles. The van der Waals surface area contributed by atoms with E-state index in [1.54, 1.807) is 21.9 Å². The molecule has 1 aromatic heterocycles. The van der Waals surface area contributed by atoms with Gasteiger partial charge in [-0.1, -0.05) is 53.3 Å². The lowest BCUT2D eigenvalue weighted by atomic mass is 9.81. The monoisotopic (exact) mass is 545 g/mol. The summed E-state index contributed by atoms with van der Waals surface area (Å²) in [4.78, 5) is 32.8. The first-order chi connectivity index (χ1) is 17.2. The van der Waals surface area contributed by atoms with E-state index in [0.717, 1.165) is 22.5 Å². The number of likely N-dealkylation sites (tertiary alicyclic amines) is 1. The predicted molar refractivity (Wildman–Crippen MR) is 139 cm³/mol. The topological polar surface area (TPSA) is 112 Å². The zero-order valence-corrected chi connectivity index (χ0v) is 21.8. The Balaban J connectivity index is 1.47. The van der Waals surface area contributed by atoms with Gasteiger partial charge >= 0.3 is 6.03 Å². The summed E-state index contributed by atoms with van der Waals surface area (Å²) in [5, 5.41) is 3.14. The Bertz CT molecular complexity index is 1430. The number of urea groups is 1. The van der Waals surface area contributed by atoms with Crippen LogP contribution in [-0.4, -0.2) is 49.9 Å². The van der Waals surface area contributed by atoms with E-state index >= 15 is 0 Å². The van der Waals surface area contributed by atoms with Crippen LogP contribution in [0.5, 0.6) is 0 Å². The second-order valence-corrected chi connectivity index (χ2v) is 12.4. The number of hydrogen-bond acceptors (Lipinski definition) is 6. The number of nitrogens with one attached hydrogen (secondary N) is 2. The fraction of sp³-hybridized carbons (Fsp3) is 0.292. The molecule has 2 N–H and O–H groups in total. The lowest BCUT2D eigenvalue weighted by Gasteiger charge is -2.25. The van der Waals surface area contributed by atoms with Gasteiger partial charge in [0.05, 0.1) is 11.1 Å². The molecule has 3 aromatic rings. The molecule has 5 rings (SSSR count). The first kappa shape index (κ1) is 24.7. The van der Waals surface area contributed by atoms with Crippen molar-refractivity contribution in [1.29, 1.82) is 0 Å². The molecule has 36 heavy (non-hydrogen) atoms. The zero-order chi connectivity index (χ0) is 25.5. The second kappa shape index (κ2) is 9.47. The first-order valence-corrected chi connectivity index (χ1v) is 14.0. The van der Waals surface area contributed by atoms with E-state index in [1.807, 2.05) is 30.3 Å². The number of hydrogen-bond donors (Lipinski definition) is 2. The number of amides is 3. The Hall–Kier alpha value is -2.99. The Labute approximate surface area is 218 Å². The zero-order valence-electron chi connectivity index (χ0n) is 19.4. The molecule has 0 aliphatic carbocycles. The summed E-state index contributed by atoms with van der Waals surface area (Å²) in [6.07, 6.45) is 2.08. The van der Waals surface area contributed by atoms with Crippen LogP contribution in [0, 0.1) is 0 Å². The average molecular weight is 546 g/mol. The number of fused-ring (bicyclic) bond motifs is 2. The molecule has 12 heteroatoms. The SMILES string of the molecule is CC(=O)N1CCC2(C1)CN(C(=O)Nc1ncc(Cl)s1)c1ccc(S(=O)(=O)NCc3ccccc3)cc12. The number of rotatable bonds is 5. The van der Waals surface area contributed by atoms with Crippen LogP contribution in [0.25, 0.3) is 0 Å². The number of carbonyl (C=O) groups is 2. The molecule has 0 bridgehead atoms. The number of sulfonamides is 1. The second-order valence-electron chi connectivity index (χ2n) is 8.95. The lowest BCUT2D eigenvalue weighted by Crippen LogP contribution is -2.41. The fourth-order valence-corrected chi connectivity index (χ4v) is 6.66. The molecule has 2 aromatic carbocycles. The normalized spacial score (nSPS) is 19.1. The third-order valence-electron chi connectivity index (χ3n) is 6.65. The number of nitrogens with zero attached hydrogens (tertiary/aromatic N) is 3. The molecular weight excluding hydrogens is 522 g/mol. The van der Waals surface area contributed by atoms with E-state index in [4.69, 9.17) is 11.6 Å². The third kappa shape index (κ3) is 4.71.